The molecular weight excluding hydrogens is 432 g/mol. The predicted octanol–water partition coefficient (Wildman–Crippen LogP) is 6.79. The van der Waals surface area contributed by atoms with Crippen LogP contribution in [0.15, 0.2) is 66.7 Å². The molecule has 1 saturated heterocycles. The summed E-state index contributed by atoms with van der Waals surface area (Å²) >= 11 is 12.6. The maximum absolute atomic E-state index is 13.5. The zero-order chi connectivity index (χ0) is 21.4. The summed E-state index contributed by atoms with van der Waals surface area (Å²) in [6.07, 6.45) is 2.55. The topological polar surface area (TPSA) is 12.5 Å². The number of nitrogens with zero attached hydrogens (tertiary/aromatic N) is 1. The second-order valence-corrected chi connectivity index (χ2v) is 9.38. The first kappa shape index (κ1) is 21.0. The van der Waals surface area contributed by atoms with Crippen LogP contribution >= 0.6 is 23.2 Å². The fourth-order valence-corrected chi connectivity index (χ4v) is 5.51. The average molecular weight is 456 g/mol. The van der Waals surface area contributed by atoms with E-state index in [2.05, 4.69) is 29.2 Å². The van der Waals surface area contributed by atoms with Crippen molar-refractivity contribution in [2.24, 2.45) is 0 Å². The number of benzene rings is 3. The van der Waals surface area contributed by atoms with Crippen molar-refractivity contribution >= 4 is 23.2 Å². The SMILES string of the molecule is Fc1cccc(CCN2CCC3(CC2)OC(c2cc(Cl)cc(Cl)c2)c2ccccc23)c1. The smallest absolute Gasteiger partial charge is 0.123 e. The number of piperidine rings is 1. The normalized spacial score (nSPS) is 20.2. The van der Waals surface area contributed by atoms with Crippen molar-refractivity contribution in [3.63, 3.8) is 0 Å². The fourth-order valence-electron chi connectivity index (χ4n) is 4.97. The van der Waals surface area contributed by atoms with E-state index in [1.165, 1.54) is 17.2 Å². The molecule has 2 aliphatic heterocycles. The first-order chi connectivity index (χ1) is 15.0. The summed E-state index contributed by atoms with van der Waals surface area (Å²) < 4.78 is 20.2. The fraction of sp³-hybridized carbons (Fsp3) is 0.308. The summed E-state index contributed by atoms with van der Waals surface area (Å²) in [5, 5.41) is 1.24. The molecule has 2 heterocycles. The van der Waals surface area contributed by atoms with E-state index in [1.807, 2.05) is 18.2 Å². The Hall–Kier alpha value is -1.91. The molecule has 0 bridgehead atoms. The summed E-state index contributed by atoms with van der Waals surface area (Å²) in [7, 11) is 0. The first-order valence-corrected chi connectivity index (χ1v) is 11.5. The Bertz CT molecular complexity index is 1070. The molecule has 3 aromatic carbocycles. The van der Waals surface area contributed by atoms with E-state index in [0.717, 1.165) is 50.0 Å². The molecule has 3 aromatic rings. The Morgan fingerprint density at radius 1 is 0.935 bits per heavy atom. The van der Waals surface area contributed by atoms with Crippen molar-refractivity contribution in [3.05, 3.63) is 105 Å². The molecule has 31 heavy (non-hydrogen) atoms. The number of halogens is 3. The minimum atomic E-state index is -0.286. The van der Waals surface area contributed by atoms with Gasteiger partial charge in [0, 0.05) is 29.7 Å². The van der Waals surface area contributed by atoms with Crippen LogP contribution in [0.2, 0.25) is 10.0 Å². The molecule has 2 aliphatic rings. The van der Waals surface area contributed by atoms with Gasteiger partial charge in [-0.15, -0.1) is 0 Å². The molecule has 0 radical (unpaired) electrons. The maximum Gasteiger partial charge on any atom is 0.123 e. The predicted molar refractivity (Wildman–Crippen MR) is 123 cm³/mol. The van der Waals surface area contributed by atoms with Crippen molar-refractivity contribution in [3.8, 4) is 0 Å². The summed E-state index contributed by atoms with van der Waals surface area (Å²) in [4.78, 5) is 2.45. The van der Waals surface area contributed by atoms with E-state index >= 15 is 0 Å². The number of rotatable bonds is 4. The number of likely N-dealkylation sites (tertiary alicyclic amines) is 1. The third-order valence-corrected chi connectivity index (χ3v) is 6.97. The van der Waals surface area contributed by atoms with Crippen molar-refractivity contribution in [2.75, 3.05) is 19.6 Å². The van der Waals surface area contributed by atoms with Crippen molar-refractivity contribution in [2.45, 2.75) is 31.0 Å². The molecule has 0 N–H and O–H groups in total. The van der Waals surface area contributed by atoms with E-state index in [1.54, 1.807) is 18.2 Å². The Balaban J connectivity index is 1.32. The molecule has 5 heteroatoms. The lowest BCUT2D eigenvalue weighted by Crippen LogP contribution is -2.43. The second-order valence-electron chi connectivity index (χ2n) is 8.50. The van der Waals surface area contributed by atoms with Crippen LogP contribution in [0.1, 0.15) is 41.2 Å². The van der Waals surface area contributed by atoms with Gasteiger partial charge >= 0.3 is 0 Å². The molecule has 1 atom stereocenters. The van der Waals surface area contributed by atoms with Crippen molar-refractivity contribution in [1.29, 1.82) is 0 Å². The van der Waals surface area contributed by atoms with Gasteiger partial charge in [-0.2, -0.15) is 0 Å². The lowest BCUT2D eigenvalue weighted by molar-refractivity contribution is -0.0966. The summed E-state index contributed by atoms with van der Waals surface area (Å²) in [5.41, 5.74) is 4.23. The van der Waals surface area contributed by atoms with Gasteiger partial charge in [-0.3, -0.25) is 0 Å². The molecule has 160 valence electrons. The van der Waals surface area contributed by atoms with Gasteiger partial charge in [0.05, 0.1) is 5.60 Å². The molecule has 1 fully saturated rings. The van der Waals surface area contributed by atoms with Gasteiger partial charge in [0.2, 0.25) is 0 Å². The van der Waals surface area contributed by atoms with E-state index in [-0.39, 0.29) is 17.5 Å². The molecule has 1 spiro atoms. The highest BCUT2D eigenvalue weighted by Gasteiger charge is 2.46. The van der Waals surface area contributed by atoms with Gasteiger partial charge in [-0.25, -0.2) is 4.39 Å². The average Bonchev–Trinajstić information content (AvgIpc) is 3.07. The highest BCUT2D eigenvalue weighted by atomic mass is 35.5. The van der Waals surface area contributed by atoms with Crippen LogP contribution in [0.5, 0.6) is 0 Å². The molecule has 0 aliphatic carbocycles. The summed E-state index contributed by atoms with van der Waals surface area (Å²) in [6.45, 7) is 2.83. The maximum atomic E-state index is 13.5. The van der Waals surface area contributed by atoms with Gasteiger partial charge in [-0.05, 0) is 71.8 Å². The second kappa shape index (κ2) is 8.55. The van der Waals surface area contributed by atoms with Gasteiger partial charge in [0.15, 0.2) is 0 Å². The van der Waals surface area contributed by atoms with Gasteiger partial charge in [-0.1, -0.05) is 59.6 Å². The van der Waals surface area contributed by atoms with Crippen LogP contribution in [-0.4, -0.2) is 24.5 Å². The monoisotopic (exact) mass is 455 g/mol. The van der Waals surface area contributed by atoms with E-state index in [9.17, 15) is 4.39 Å². The highest BCUT2D eigenvalue weighted by Crippen LogP contribution is 2.51. The van der Waals surface area contributed by atoms with Crippen LogP contribution in [0.25, 0.3) is 0 Å². The highest BCUT2D eigenvalue weighted by molar-refractivity contribution is 6.34. The van der Waals surface area contributed by atoms with Gasteiger partial charge in [0.25, 0.3) is 0 Å². The van der Waals surface area contributed by atoms with Gasteiger partial charge in [0.1, 0.15) is 11.9 Å². The standard InChI is InChI=1S/C26H24Cl2FNO/c27-20-15-19(16-21(28)17-20)25-23-6-1-2-7-24(23)26(31-25)9-12-30(13-10-26)11-8-18-4-3-5-22(29)14-18/h1-7,14-17,25H,8-13H2. The molecular formula is C26H24Cl2FNO. The minimum Gasteiger partial charge on any atom is -0.358 e. The van der Waals surface area contributed by atoms with Crippen LogP contribution in [0.4, 0.5) is 4.39 Å². The third-order valence-electron chi connectivity index (χ3n) is 6.53. The Morgan fingerprint density at radius 2 is 1.68 bits per heavy atom. The number of hydrogen-bond acceptors (Lipinski definition) is 2. The molecule has 2 nitrogen and oxygen atoms in total. The van der Waals surface area contributed by atoms with Crippen LogP contribution in [-0.2, 0) is 16.8 Å². The minimum absolute atomic E-state index is 0.161. The quantitative estimate of drug-likeness (QED) is 0.429. The summed E-state index contributed by atoms with van der Waals surface area (Å²) in [6, 6.07) is 21.0. The summed E-state index contributed by atoms with van der Waals surface area (Å²) in [5.74, 6) is -0.168. The number of hydrogen-bond donors (Lipinski definition) is 0. The molecule has 0 amide bonds. The van der Waals surface area contributed by atoms with E-state index in [0.29, 0.717) is 10.0 Å². The molecule has 0 aromatic heterocycles. The van der Waals surface area contributed by atoms with Crippen LogP contribution in [0, 0.1) is 5.82 Å². The van der Waals surface area contributed by atoms with Gasteiger partial charge < -0.3 is 9.64 Å². The van der Waals surface area contributed by atoms with Crippen LogP contribution < -0.4 is 0 Å². The lowest BCUT2D eigenvalue weighted by atomic mass is 9.83. The Kier molecular flexibility index (Phi) is 5.78. The molecule has 5 rings (SSSR count). The van der Waals surface area contributed by atoms with Crippen LogP contribution in [0.3, 0.4) is 0 Å². The van der Waals surface area contributed by atoms with Crippen molar-refractivity contribution in [1.82, 2.24) is 4.90 Å². The lowest BCUT2D eigenvalue weighted by Gasteiger charge is -2.40. The van der Waals surface area contributed by atoms with E-state index < -0.39 is 0 Å². The van der Waals surface area contributed by atoms with E-state index in [4.69, 9.17) is 27.9 Å². The number of fused-ring (bicyclic) bond motifs is 2. The third kappa shape index (κ3) is 4.25. The zero-order valence-electron chi connectivity index (χ0n) is 17.2. The number of ether oxygens (including phenoxy) is 1. The Labute approximate surface area is 192 Å². The largest absolute Gasteiger partial charge is 0.358 e. The molecule has 1 unspecified atom stereocenters. The Morgan fingerprint density at radius 3 is 2.42 bits per heavy atom. The first-order valence-electron chi connectivity index (χ1n) is 10.7. The molecule has 0 saturated carbocycles. The van der Waals surface area contributed by atoms with Crippen molar-refractivity contribution < 1.29 is 9.13 Å². The zero-order valence-corrected chi connectivity index (χ0v) is 18.7.